The molecule has 0 bridgehead atoms. The first kappa shape index (κ1) is 15.4. The zero-order valence-electron chi connectivity index (χ0n) is 10.8. The van der Waals surface area contributed by atoms with Gasteiger partial charge in [0, 0.05) is 13.0 Å². The first-order chi connectivity index (χ1) is 7.60. The summed E-state index contributed by atoms with van der Waals surface area (Å²) in [7, 11) is 0. The minimum absolute atomic E-state index is 0.0804. The SMILES string of the molecule is CCCOC(C)COC(C)COC(=O)CC. The molecule has 0 aliphatic rings. The number of ether oxygens (including phenoxy) is 3. The molecular formula is C12H24O4. The van der Waals surface area contributed by atoms with Gasteiger partial charge in [0.25, 0.3) is 0 Å². The molecule has 0 aromatic heterocycles. The van der Waals surface area contributed by atoms with Gasteiger partial charge in [0.2, 0.25) is 0 Å². The van der Waals surface area contributed by atoms with Crippen molar-refractivity contribution in [1.82, 2.24) is 0 Å². The number of esters is 1. The summed E-state index contributed by atoms with van der Waals surface area (Å²) in [6.07, 6.45) is 1.42. The topological polar surface area (TPSA) is 44.8 Å². The lowest BCUT2D eigenvalue weighted by atomic mass is 10.4. The van der Waals surface area contributed by atoms with Crippen LogP contribution in [0.5, 0.6) is 0 Å². The van der Waals surface area contributed by atoms with Crippen LogP contribution in [0.15, 0.2) is 0 Å². The van der Waals surface area contributed by atoms with Crippen molar-refractivity contribution in [2.45, 2.75) is 52.7 Å². The molecule has 0 saturated heterocycles. The van der Waals surface area contributed by atoms with Crippen LogP contribution >= 0.6 is 0 Å². The average molecular weight is 232 g/mol. The molecule has 16 heavy (non-hydrogen) atoms. The summed E-state index contributed by atoms with van der Waals surface area (Å²) >= 11 is 0. The molecule has 0 N–H and O–H groups in total. The lowest BCUT2D eigenvalue weighted by Crippen LogP contribution is -2.24. The molecule has 0 saturated carbocycles. The molecule has 2 atom stereocenters. The zero-order chi connectivity index (χ0) is 12.4. The summed E-state index contributed by atoms with van der Waals surface area (Å²) in [6.45, 7) is 9.30. The second-order valence-electron chi connectivity index (χ2n) is 3.86. The van der Waals surface area contributed by atoms with Gasteiger partial charge in [-0.2, -0.15) is 0 Å². The lowest BCUT2D eigenvalue weighted by Gasteiger charge is -2.17. The summed E-state index contributed by atoms with van der Waals surface area (Å²) in [5.41, 5.74) is 0. The second-order valence-corrected chi connectivity index (χ2v) is 3.86. The van der Waals surface area contributed by atoms with Gasteiger partial charge in [-0.1, -0.05) is 13.8 Å². The molecular weight excluding hydrogens is 208 g/mol. The Kier molecular flexibility index (Phi) is 9.24. The van der Waals surface area contributed by atoms with E-state index >= 15 is 0 Å². The van der Waals surface area contributed by atoms with E-state index < -0.39 is 0 Å². The van der Waals surface area contributed by atoms with Crippen LogP contribution in [0.1, 0.15) is 40.5 Å². The van der Waals surface area contributed by atoms with Crippen molar-refractivity contribution in [3.05, 3.63) is 0 Å². The average Bonchev–Trinajstić information content (AvgIpc) is 2.30. The molecule has 0 amide bonds. The van der Waals surface area contributed by atoms with Gasteiger partial charge in [-0.05, 0) is 20.3 Å². The highest BCUT2D eigenvalue weighted by atomic mass is 16.6. The molecule has 0 aromatic carbocycles. The Morgan fingerprint density at radius 3 is 2.25 bits per heavy atom. The summed E-state index contributed by atoms with van der Waals surface area (Å²) in [6, 6.07) is 0. The van der Waals surface area contributed by atoms with Crippen LogP contribution < -0.4 is 0 Å². The zero-order valence-corrected chi connectivity index (χ0v) is 10.8. The predicted octanol–water partition coefficient (Wildman–Crippen LogP) is 2.16. The van der Waals surface area contributed by atoms with E-state index in [-0.39, 0.29) is 18.2 Å². The standard InChI is InChI=1S/C12H24O4/c1-5-7-14-10(3)8-15-11(4)9-16-12(13)6-2/h10-11H,5-9H2,1-4H3. The van der Waals surface area contributed by atoms with Crippen LogP contribution in [-0.2, 0) is 19.0 Å². The maximum Gasteiger partial charge on any atom is 0.305 e. The molecule has 0 radical (unpaired) electrons. The largest absolute Gasteiger partial charge is 0.463 e. The maximum atomic E-state index is 10.9. The fraction of sp³-hybridized carbons (Fsp3) is 0.917. The van der Waals surface area contributed by atoms with E-state index in [1.165, 1.54) is 0 Å². The highest BCUT2D eigenvalue weighted by Gasteiger charge is 2.08. The monoisotopic (exact) mass is 232 g/mol. The van der Waals surface area contributed by atoms with Crippen molar-refractivity contribution in [3.8, 4) is 0 Å². The maximum absolute atomic E-state index is 10.9. The first-order valence-corrected chi connectivity index (χ1v) is 5.98. The number of carbonyl (C=O) groups excluding carboxylic acids is 1. The van der Waals surface area contributed by atoms with Gasteiger partial charge in [-0.15, -0.1) is 0 Å². The number of hydrogen-bond acceptors (Lipinski definition) is 4. The van der Waals surface area contributed by atoms with Crippen molar-refractivity contribution in [1.29, 1.82) is 0 Å². The third kappa shape index (κ3) is 8.68. The molecule has 0 aliphatic carbocycles. The van der Waals surface area contributed by atoms with Gasteiger partial charge >= 0.3 is 5.97 Å². The van der Waals surface area contributed by atoms with Crippen LogP contribution in [0.3, 0.4) is 0 Å². The Hall–Kier alpha value is -0.610. The molecule has 0 aliphatic heterocycles. The minimum atomic E-state index is -0.189. The van der Waals surface area contributed by atoms with E-state index in [4.69, 9.17) is 14.2 Å². The molecule has 0 aromatic rings. The van der Waals surface area contributed by atoms with Gasteiger partial charge in [0.15, 0.2) is 0 Å². The van der Waals surface area contributed by atoms with Crippen LogP contribution in [-0.4, -0.2) is 38.0 Å². The predicted molar refractivity (Wildman–Crippen MR) is 62.4 cm³/mol. The first-order valence-electron chi connectivity index (χ1n) is 5.98. The number of rotatable bonds is 9. The second kappa shape index (κ2) is 9.60. The van der Waals surface area contributed by atoms with Gasteiger partial charge in [-0.3, -0.25) is 4.79 Å². The summed E-state index contributed by atoms with van der Waals surface area (Å²) < 4.78 is 15.9. The van der Waals surface area contributed by atoms with Crippen LogP contribution in [0.25, 0.3) is 0 Å². The molecule has 4 heteroatoms. The van der Waals surface area contributed by atoms with Gasteiger partial charge < -0.3 is 14.2 Å². The van der Waals surface area contributed by atoms with Crippen LogP contribution in [0.2, 0.25) is 0 Å². The normalized spacial score (nSPS) is 14.5. The highest BCUT2D eigenvalue weighted by molar-refractivity contribution is 5.68. The lowest BCUT2D eigenvalue weighted by molar-refractivity contribution is -0.148. The molecule has 2 unspecified atom stereocenters. The van der Waals surface area contributed by atoms with E-state index in [0.29, 0.717) is 19.6 Å². The third-order valence-corrected chi connectivity index (χ3v) is 1.99. The summed E-state index contributed by atoms with van der Waals surface area (Å²) in [5, 5.41) is 0. The van der Waals surface area contributed by atoms with Crippen molar-refractivity contribution in [2.24, 2.45) is 0 Å². The molecule has 0 spiro atoms. The molecule has 4 nitrogen and oxygen atoms in total. The van der Waals surface area contributed by atoms with E-state index in [1.54, 1.807) is 6.92 Å². The third-order valence-electron chi connectivity index (χ3n) is 1.99. The quantitative estimate of drug-likeness (QED) is 0.571. The molecule has 96 valence electrons. The Morgan fingerprint density at radius 1 is 1.06 bits per heavy atom. The fourth-order valence-corrected chi connectivity index (χ4v) is 1.03. The van der Waals surface area contributed by atoms with Gasteiger partial charge in [0.1, 0.15) is 6.61 Å². The Bertz CT molecular complexity index is 182. The van der Waals surface area contributed by atoms with Crippen LogP contribution in [0.4, 0.5) is 0 Å². The number of hydrogen-bond donors (Lipinski definition) is 0. The molecule has 0 rings (SSSR count). The smallest absolute Gasteiger partial charge is 0.305 e. The van der Waals surface area contributed by atoms with E-state index in [9.17, 15) is 4.79 Å². The number of carbonyl (C=O) groups is 1. The van der Waals surface area contributed by atoms with Gasteiger partial charge in [-0.25, -0.2) is 0 Å². The Morgan fingerprint density at radius 2 is 1.69 bits per heavy atom. The fourth-order valence-electron chi connectivity index (χ4n) is 1.03. The van der Waals surface area contributed by atoms with E-state index in [2.05, 4.69) is 6.92 Å². The van der Waals surface area contributed by atoms with Crippen molar-refractivity contribution in [2.75, 3.05) is 19.8 Å². The molecule has 0 heterocycles. The minimum Gasteiger partial charge on any atom is -0.463 e. The van der Waals surface area contributed by atoms with E-state index in [0.717, 1.165) is 13.0 Å². The Labute approximate surface area is 98.3 Å². The Balaban J connectivity index is 3.48. The summed E-state index contributed by atoms with van der Waals surface area (Å²) in [4.78, 5) is 10.9. The van der Waals surface area contributed by atoms with Gasteiger partial charge in [0.05, 0.1) is 18.8 Å². The molecule has 0 fully saturated rings. The van der Waals surface area contributed by atoms with E-state index in [1.807, 2.05) is 13.8 Å². The van der Waals surface area contributed by atoms with Crippen molar-refractivity contribution >= 4 is 5.97 Å². The summed E-state index contributed by atoms with van der Waals surface area (Å²) in [5.74, 6) is -0.189. The highest BCUT2D eigenvalue weighted by Crippen LogP contribution is 1.99. The van der Waals surface area contributed by atoms with Crippen molar-refractivity contribution in [3.63, 3.8) is 0 Å². The van der Waals surface area contributed by atoms with Crippen molar-refractivity contribution < 1.29 is 19.0 Å². The van der Waals surface area contributed by atoms with Crippen LogP contribution in [0, 0.1) is 0 Å².